The molecule has 8 nitrogen and oxygen atoms in total. The average molecular weight is 1330 g/mol. The summed E-state index contributed by atoms with van der Waals surface area (Å²) >= 11 is 0. The number of aryl methyl sites for hydroxylation is 1. The molecule has 0 radical (unpaired) electrons. The summed E-state index contributed by atoms with van der Waals surface area (Å²) in [4.78, 5) is 32.1. The van der Waals surface area contributed by atoms with Crippen molar-refractivity contribution >= 4 is 79.0 Å². The lowest BCUT2D eigenvalue weighted by atomic mass is 9.33. The van der Waals surface area contributed by atoms with Crippen molar-refractivity contribution in [3.63, 3.8) is 0 Å². The molecule has 0 atom stereocenters. The Balaban J connectivity index is 0.866. The molecule has 0 N–H and O–H groups in total. The van der Waals surface area contributed by atoms with Crippen LogP contribution in [0.25, 0.3) is 129 Å². The van der Waals surface area contributed by atoms with E-state index >= 15 is 0 Å². The summed E-state index contributed by atoms with van der Waals surface area (Å²) in [6.45, 7) is 2.17. The number of fused-ring (bicyclic) bond motifs is 7. The Morgan fingerprint density at radius 2 is 0.673 bits per heavy atom. The lowest BCUT2D eigenvalue weighted by Gasteiger charge is -2.44. The lowest BCUT2D eigenvalue weighted by Crippen LogP contribution is -2.61. The first-order chi connectivity index (χ1) is 51.5. The average Bonchev–Trinajstić information content (AvgIpc) is 0.754. The van der Waals surface area contributed by atoms with E-state index in [1.165, 1.54) is 33.1 Å². The number of hydrogen-bond donors (Lipinski definition) is 0. The van der Waals surface area contributed by atoms with E-state index in [-0.39, 0.29) is 6.71 Å². The van der Waals surface area contributed by atoms with Gasteiger partial charge in [0.15, 0.2) is 23.3 Å². The monoisotopic (exact) mass is 1330 g/mol. The van der Waals surface area contributed by atoms with Crippen molar-refractivity contribution in [1.82, 2.24) is 29.5 Å². The van der Waals surface area contributed by atoms with Gasteiger partial charge in [0.05, 0.1) is 28.1 Å². The minimum Gasteiger partial charge on any atom is -0.311 e. The number of unbranched alkanes of at least 4 members (excludes halogenated alkanes) is 1. The molecule has 0 unspecified atom stereocenters. The Bertz CT molecular complexity index is 5810. The van der Waals surface area contributed by atoms with Crippen molar-refractivity contribution in [2.75, 3.05) is 9.80 Å². The summed E-state index contributed by atoms with van der Waals surface area (Å²) in [7, 11) is 0. The third kappa shape index (κ3) is 11.1. The van der Waals surface area contributed by atoms with Crippen molar-refractivity contribution in [2.24, 2.45) is 0 Å². The van der Waals surface area contributed by atoms with E-state index in [2.05, 4.69) is 325 Å². The highest BCUT2D eigenvalue weighted by atomic mass is 15.2. The van der Waals surface area contributed by atoms with Gasteiger partial charge in [-0.15, -0.1) is 0 Å². The molecule has 17 aromatic rings. The summed E-state index contributed by atoms with van der Waals surface area (Å²) in [5, 5.41) is 2.28. The van der Waals surface area contributed by atoms with Crippen molar-refractivity contribution in [3.05, 3.63) is 357 Å². The highest BCUT2D eigenvalue weighted by molar-refractivity contribution is 7.00. The molecule has 0 amide bonds. The molecule has 2 aliphatic rings. The van der Waals surface area contributed by atoms with Gasteiger partial charge in [0.1, 0.15) is 0 Å². The zero-order valence-electron chi connectivity index (χ0n) is 57.3. The molecule has 0 bridgehead atoms. The first kappa shape index (κ1) is 61.7. The number of rotatable bonds is 15. The molecule has 0 fully saturated rings. The number of benzene rings is 14. The van der Waals surface area contributed by atoms with Crippen LogP contribution in [0.4, 0.5) is 34.1 Å². The van der Waals surface area contributed by atoms with Crippen LogP contribution in [0.1, 0.15) is 25.3 Å². The zero-order valence-corrected chi connectivity index (χ0v) is 57.3. The largest absolute Gasteiger partial charge is 0.311 e. The van der Waals surface area contributed by atoms with Gasteiger partial charge in [-0.1, -0.05) is 268 Å². The molecule has 14 aromatic carbocycles. The number of aromatic nitrogens is 6. The van der Waals surface area contributed by atoms with Gasteiger partial charge in [0.25, 0.3) is 6.71 Å². The van der Waals surface area contributed by atoms with Crippen molar-refractivity contribution < 1.29 is 0 Å². The Hall–Kier alpha value is -13.4. The SMILES string of the molecule is CCCCc1ccc2c(c1)c1cc(-c3cc4c5c(c3)N(c3ccccc3)c3cc(-c6ccccc6)ccc3B5c3ccc(-c5ccccc5)cc3N4c3ccccc3)ccc1n2-c1ccc(-c2nc(-c3ccccc3)cc(-c3ccccc3)n2)cc1-c1nc(-c2ccccc2)nc(-c2ccccc2)n1. The summed E-state index contributed by atoms with van der Waals surface area (Å²) in [6, 6.07) is 127. The van der Waals surface area contributed by atoms with Crippen LogP contribution in [0.2, 0.25) is 0 Å². The summed E-state index contributed by atoms with van der Waals surface area (Å²) in [5.41, 5.74) is 28.7. The van der Waals surface area contributed by atoms with Gasteiger partial charge >= 0.3 is 0 Å². The van der Waals surface area contributed by atoms with Crippen LogP contribution in [0, 0.1) is 0 Å². The molecule has 3 aromatic heterocycles. The van der Waals surface area contributed by atoms with Gasteiger partial charge in [0, 0.05) is 78.3 Å². The fraction of sp³-hybridized carbons (Fsp3) is 0.0421. The van der Waals surface area contributed by atoms with Gasteiger partial charge in [0.2, 0.25) is 0 Å². The van der Waals surface area contributed by atoms with E-state index in [0.717, 1.165) is 148 Å². The quantitative estimate of drug-likeness (QED) is 0.0947. The Morgan fingerprint density at radius 1 is 0.279 bits per heavy atom. The maximum absolute atomic E-state index is 5.50. The Kier molecular flexibility index (Phi) is 15.6. The maximum atomic E-state index is 5.50. The summed E-state index contributed by atoms with van der Waals surface area (Å²) in [6.07, 6.45) is 3.13. The highest BCUT2D eigenvalue weighted by Gasteiger charge is 2.44. The topological polar surface area (TPSA) is 75.9 Å². The molecule has 5 heterocycles. The molecule has 0 spiro atoms. The van der Waals surface area contributed by atoms with Crippen LogP contribution >= 0.6 is 0 Å². The van der Waals surface area contributed by atoms with E-state index < -0.39 is 0 Å². The van der Waals surface area contributed by atoms with Gasteiger partial charge < -0.3 is 14.4 Å². The van der Waals surface area contributed by atoms with Gasteiger partial charge in [-0.25, -0.2) is 24.9 Å². The predicted octanol–water partition coefficient (Wildman–Crippen LogP) is 22.2. The molecular formula is C95H67BN8. The van der Waals surface area contributed by atoms with E-state index in [9.17, 15) is 0 Å². The van der Waals surface area contributed by atoms with Gasteiger partial charge in [-0.2, -0.15) is 0 Å². The van der Waals surface area contributed by atoms with Crippen LogP contribution in [-0.2, 0) is 6.42 Å². The Labute approximate surface area is 605 Å². The maximum Gasteiger partial charge on any atom is 0.252 e. The molecule has 0 saturated carbocycles. The molecule has 490 valence electrons. The minimum atomic E-state index is -0.0987. The molecule has 9 heteroatoms. The number of hydrogen-bond acceptors (Lipinski definition) is 7. The van der Waals surface area contributed by atoms with Crippen LogP contribution < -0.4 is 26.2 Å². The molecule has 0 saturated heterocycles. The number of para-hydroxylation sites is 2. The first-order valence-electron chi connectivity index (χ1n) is 35.9. The molecule has 19 rings (SSSR count). The molecule has 104 heavy (non-hydrogen) atoms. The highest BCUT2D eigenvalue weighted by Crippen LogP contribution is 2.49. The fourth-order valence-corrected chi connectivity index (χ4v) is 15.6. The molecule has 2 aliphatic heterocycles. The van der Waals surface area contributed by atoms with Crippen LogP contribution in [0.3, 0.4) is 0 Å². The number of nitrogens with zero attached hydrogens (tertiary/aromatic N) is 8. The second-order valence-electron chi connectivity index (χ2n) is 27.0. The van der Waals surface area contributed by atoms with Crippen molar-refractivity contribution in [1.29, 1.82) is 0 Å². The fourth-order valence-electron chi connectivity index (χ4n) is 15.6. The molecular weight excluding hydrogens is 1260 g/mol. The van der Waals surface area contributed by atoms with E-state index in [1.807, 2.05) is 48.5 Å². The normalized spacial score (nSPS) is 12.1. The van der Waals surface area contributed by atoms with Crippen LogP contribution in [0.15, 0.2) is 352 Å². The van der Waals surface area contributed by atoms with Crippen molar-refractivity contribution in [2.45, 2.75) is 26.2 Å². The minimum absolute atomic E-state index is 0.0987. The van der Waals surface area contributed by atoms with E-state index in [0.29, 0.717) is 23.3 Å². The summed E-state index contributed by atoms with van der Waals surface area (Å²) < 4.78 is 2.43. The standard InChI is InChI=1S/C95H67BN8/c1-2-3-28-63-45-52-84-77(55-63)78-56-70(74-60-89-91-90(61-74)103(76-43-26-11-27-44-76)88-59-72(65-31-14-5-15-32-65)47-51-81(88)96(91)80-50-46-71(64-29-12-4-13-30-64)58-87(80)102(89)75-41-24-10-25-42-75)48-53-85(78)104(84)86-54-49-73(94-97-82(66-33-16-6-17-34-66)62-83(98-94)67-35-18-7-19-36-67)57-79(86)95-100-92(68-37-20-8-21-38-68)99-93(101-95)69-39-22-9-23-40-69/h4-27,29-62H,2-3,28H2,1H3. The predicted molar refractivity (Wildman–Crippen MR) is 431 cm³/mol. The van der Waals surface area contributed by atoms with Crippen LogP contribution in [-0.4, -0.2) is 36.2 Å². The smallest absolute Gasteiger partial charge is 0.252 e. The third-order valence-corrected chi connectivity index (χ3v) is 20.6. The second kappa shape index (κ2) is 26.3. The third-order valence-electron chi connectivity index (χ3n) is 20.6. The zero-order chi connectivity index (χ0) is 69.0. The van der Waals surface area contributed by atoms with E-state index in [1.54, 1.807) is 0 Å². The van der Waals surface area contributed by atoms with E-state index in [4.69, 9.17) is 24.9 Å². The van der Waals surface area contributed by atoms with Crippen LogP contribution in [0.5, 0.6) is 0 Å². The van der Waals surface area contributed by atoms with Gasteiger partial charge in [-0.3, -0.25) is 0 Å². The lowest BCUT2D eigenvalue weighted by molar-refractivity contribution is 0.796. The van der Waals surface area contributed by atoms with Crippen molar-refractivity contribution in [3.8, 4) is 107 Å². The summed E-state index contributed by atoms with van der Waals surface area (Å²) in [5.74, 6) is 2.24. The Morgan fingerprint density at radius 3 is 1.16 bits per heavy atom. The first-order valence-corrected chi connectivity index (χ1v) is 35.9. The number of anilines is 6. The molecule has 0 aliphatic carbocycles. The van der Waals surface area contributed by atoms with Gasteiger partial charge in [-0.05, 0) is 165 Å². The second-order valence-corrected chi connectivity index (χ2v) is 27.0.